The molecule has 0 aliphatic heterocycles. The lowest BCUT2D eigenvalue weighted by molar-refractivity contribution is -0.213. The molecule has 0 rings (SSSR count). The largest absolute Gasteiger partial charge is 0.414 e. The van der Waals surface area contributed by atoms with Crippen molar-refractivity contribution in [2.24, 2.45) is 0 Å². The molecule has 3 nitrogen and oxygen atoms in total. The Bertz CT molecular complexity index is 141. The number of ether oxygens (including phenoxy) is 2. The van der Waals surface area contributed by atoms with Gasteiger partial charge in [0.15, 0.2) is 6.10 Å². The SMILES string of the molecule is COCCNCCOC(C)C(F)(F)F. The van der Waals surface area contributed by atoms with E-state index in [0.29, 0.717) is 19.7 Å². The van der Waals surface area contributed by atoms with E-state index in [1.807, 2.05) is 0 Å². The summed E-state index contributed by atoms with van der Waals surface area (Å²) in [5.74, 6) is 0. The zero-order chi connectivity index (χ0) is 11.0. The molecule has 0 saturated carbocycles. The molecule has 0 bridgehead atoms. The Balaban J connectivity index is 3.28. The van der Waals surface area contributed by atoms with E-state index >= 15 is 0 Å². The highest BCUT2D eigenvalue weighted by Crippen LogP contribution is 2.21. The summed E-state index contributed by atoms with van der Waals surface area (Å²) < 4.78 is 45.0. The maximum atomic E-state index is 11.9. The first kappa shape index (κ1) is 13.7. The van der Waals surface area contributed by atoms with Crippen LogP contribution in [-0.4, -0.2) is 45.7 Å². The highest BCUT2D eigenvalue weighted by Gasteiger charge is 2.36. The number of hydrogen-bond acceptors (Lipinski definition) is 3. The summed E-state index contributed by atoms with van der Waals surface area (Å²) >= 11 is 0. The third kappa shape index (κ3) is 7.11. The van der Waals surface area contributed by atoms with Crippen LogP contribution in [0.25, 0.3) is 0 Å². The first-order valence-corrected chi connectivity index (χ1v) is 4.36. The third-order valence-electron chi connectivity index (χ3n) is 1.59. The Hall–Kier alpha value is -0.330. The Labute approximate surface area is 81.6 Å². The predicted octanol–water partition coefficient (Wildman–Crippen LogP) is 1.19. The normalized spacial score (nSPS) is 14.4. The molecular formula is C8H16F3NO2. The number of methoxy groups -OCH3 is 1. The van der Waals surface area contributed by atoms with Crippen LogP contribution in [0.15, 0.2) is 0 Å². The fraction of sp³-hybridized carbons (Fsp3) is 1.00. The monoisotopic (exact) mass is 215 g/mol. The summed E-state index contributed by atoms with van der Waals surface area (Å²) in [4.78, 5) is 0. The zero-order valence-corrected chi connectivity index (χ0v) is 8.36. The van der Waals surface area contributed by atoms with E-state index in [-0.39, 0.29) is 6.61 Å². The average molecular weight is 215 g/mol. The van der Waals surface area contributed by atoms with E-state index in [4.69, 9.17) is 4.74 Å². The van der Waals surface area contributed by atoms with Crippen LogP contribution in [0.2, 0.25) is 0 Å². The average Bonchev–Trinajstić information content (AvgIpc) is 2.09. The summed E-state index contributed by atoms with van der Waals surface area (Å²) in [6.07, 6.45) is -5.97. The van der Waals surface area contributed by atoms with Gasteiger partial charge in [-0.2, -0.15) is 13.2 Å². The number of alkyl halides is 3. The summed E-state index contributed by atoms with van der Waals surface area (Å²) in [5, 5.41) is 2.88. The van der Waals surface area contributed by atoms with Crippen LogP contribution in [-0.2, 0) is 9.47 Å². The third-order valence-corrected chi connectivity index (χ3v) is 1.59. The number of halogens is 3. The van der Waals surface area contributed by atoms with Gasteiger partial charge >= 0.3 is 6.18 Å². The lowest BCUT2D eigenvalue weighted by atomic mass is 10.4. The second kappa shape index (κ2) is 7.03. The summed E-state index contributed by atoms with van der Waals surface area (Å²) in [5.41, 5.74) is 0. The molecule has 0 aromatic carbocycles. The molecule has 0 amide bonds. The van der Waals surface area contributed by atoms with Gasteiger partial charge < -0.3 is 14.8 Å². The van der Waals surface area contributed by atoms with Gasteiger partial charge in [0.05, 0.1) is 13.2 Å². The van der Waals surface area contributed by atoms with Crippen molar-refractivity contribution in [1.82, 2.24) is 5.32 Å². The van der Waals surface area contributed by atoms with Crippen molar-refractivity contribution in [3.63, 3.8) is 0 Å². The van der Waals surface area contributed by atoms with Gasteiger partial charge in [-0.15, -0.1) is 0 Å². The first-order valence-electron chi connectivity index (χ1n) is 4.36. The molecular weight excluding hydrogens is 199 g/mol. The maximum absolute atomic E-state index is 11.9. The second-order valence-electron chi connectivity index (χ2n) is 2.80. The van der Waals surface area contributed by atoms with Crippen LogP contribution >= 0.6 is 0 Å². The van der Waals surface area contributed by atoms with Crippen LogP contribution in [0.5, 0.6) is 0 Å². The van der Waals surface area contributed by atoms with E-state index < -0.39 is 12.3 Å². The van der Waals surface area contributed by atoms with Gasteiger partial charge in [-0.25, -0.2) is 0 Å². The van der Waals surface area contributed by atoms with Crippen molar-refractivity contribution in [3.05, 3.63) is 0 Å². The van der Waals surface area contributed by atoms with E-state index in [0.717, 1.165) is 6.92 Å². The molecule has 0 saturated heterocycles. The Morgan fingerprint density at radius 1 is 1.21 bits per heavy atom. The first-order chi connectivity index (χ1) is 6.48. The molecule has 0 heterocycles. The van der Waals surface area contributed by atoms with Crippen LogP contribution < -0.4 is 5.32 Å². The van der Waals surface area contributed by atoms with Crippen molar-refractivity contribution in [2.75, 3.05) is 33.4 Å². The number of hydrogen-bond donors (Lipinski definition) is 1. The summed E-state index contributed by atoms with van der Waals surface area (Å²) in [6, 6.07) is 0. The molecule has 0 radical (unpaired) electrons. The van der Waals surface area contributed by atoms with Crippen molar-refractivity contribution < 1.29 is 22.6 Å². The van der Waals surface area contributed by atoms with Crippen molar-refractivity contribution in [1.29, 1.82) is 0 Å². The molecule has 14 heavy (non-hydrogen) atoms. The standard InChI is InChI=1S/C8H16F3NO2/c1-7(8(9,10)11)14-6-4-12-3-5-13-2/h7,12H,3-6H2,1-2H3. The molecule has 0 aromatic heterocycles. The lowest BCUT2D eigenvalue weighted by Gasteiger charge is -2.16. The molecule has 1 atom stereocenters. The minimum Gasteiger partial charge on any atom is -0.383 e. The topological polar surface area (TPSA) is 30.5 Å². The van der Waals surface area contributed by atoms with Gasteiger partial charge in [-0.1, -0.05) is 0 Å². The van der Waals surface area contributed by atoms with Gasteiger partial charge in [-0.05, 0) is 6.92 Å². The molecule has 1 unspecified atom stereocenters. The van der Waals surface area contributed by atoms with Crippen LogP contribution in [0, 0.1) is 0 Å². The highest BCUT2D eigenvalue weighted by molar-refractivity contribution is 4.60. The van der Waals surface area contributed by atoms with E-state index in [1.54, 1.807) is 7.11 Å². The van der Waals surface area contributed by atoms with Crippen molar-refractivity contribution >= 4 is 0 Å². The molecule has 1 N–H and O–H groups in total. The molecule has 6 heteroatoms. The molecule has 0 spiro atoms. The maximum Gasteiger partial charge on any atom is 0.414 e. The zero-order valence-electron chi connectivity index (χ0n) is 8.36. The van der Waals surface area contributed by atoms with Crippen molar-refractivity contribution in [3.8, 4) is 0 Å². The summed E-state index contributed by atoms with van der Waals surface area (Å²) in [6.45, 7) is 2.58. The minimum atomic E-state index is -4.27. The van der Waals surface area contributed by atoms with Crippen LogP contribution in [0.4, 0.5) is 13.2 Å². The highest BCUT2D eigenvalue weighted by atomic mass is 19.4. The molecule has 0 aromatic rings. The quantitative estimate of drug-likeness (QED) is 0.647. The fourth-order valence-electron chi connectivity index (χ4n) is 0.702. The molecule has 86 valence electrons. The van der Waals surface area contributed by atoms with Gasteiger partial charge in [0.1, 0.15) is 0 Å². The molecule has 0 aliphatic carbocycles. The fourth-order valence-corrected chi connectivity index (χ4v) is 0.702. The van der Waals surface area contributed by atoms with Crippen LogP contribution in [0.3, 0.4) is 0 Å². The van der Waals surface area contributed by atoms with Crippen molar-refractivity contribution in [2.45, 2.75) is 19.2 Å². The van der Waals surface area contributed by atoms with E-state index in [9.17, 15) is 13.2 Å². The molecule has 0 fully saturated rings. The minimum absolute atomic E-state index is 0.0460. The number of nitrogens with one attached hydrogen (secondary N) is 1. The Morgan fingerprint density at radius 3 is 2.29 bits per heavy atom. The van der Waals surface area contributed by atoms with Gasteiger partial charge in [0.25, 0.3) is 0 Å². The Kier molecular flexibility index (Phi) is 6.86. The van der Waals surface area contributed by atoms with Gasteiger partial charge in [0.2, 0.25) is 0 Å². The lowest BCUT2D eigenvalue weighted by Crippen LogP contribution is -2.32. The number of rotatable bonds is 7. The molecule has 0 aliphatic rings. The van der Waals surface area contributed by atoms with E-state index in [1.165, 1.54) is 0 Å². The van der Waals surface area contributed by atoms with E-state index in [2.05, 4.69) is 10.1 Å². The van der Waals surface area contributed by atoms with Gasteiger partial charge in [0, 0.05) is 20.2 Å². The van der Waals surface area contributed by atoms with Crippen LogP contribution in [0.1, 0.15) is 6.92 Å². The predicted molar refractivity (Wildman–Crippen MR) is 46.2 cm³/mol. The Morgan fingerprint density at radius 2 is 1.79 bits per heavy atom. The smallest absolute Gasteiger partial charge is 0.383 e. The summed E-state index contributed by atoms with van der Waals surface area (Å²) in [7, 11) is 1.56. The second-order valence-corrected chi connectivity index (χ2v) is 2.80. The van der Waals surface area contributed by atoms with Gasteiger partial charge in [-0.3, -0.25) is 0 Å².